The van der Waals surface area contributed by atoms with E-state index in [1.807, 2.05) is 6.92 Å². The van der Waals surface area contributed by atoms with Gasteiger partial charge in [0, 0.05) is 19.7 Å². The van der Waals surface area contributed by atoms with E-state index in [1.165, 1.54) is 0 Å². The van der Waals surface area contributed by atoms with E-state index in [9.17, 15) is 4.79 Å². The summed E-state index contributed by atoms with van der Waals surface area (Å²) in [4.78, 5) is 20.6. The van der Waals surface area contributed by atoms with Gasteiger partial charge in [-0.1, -0.05) is 11.6 Å². The molecule has 1 heterocycles. The van der Waals surface area contributed by atoms with Crippen LogP contribution in [0.3, 0.4) is 0 Å². The number of anilines is 1. The van der Waals surface area contributed by atoms with E-state index in [-0.39, 0.29) is 13.2 Å². The number of nitrogens with zero attached hydrogens (tertiary/aromatic N) is 3. The van der Waals surface area contributed by atoms with Gasteiger partial charge in [0.1, 0.15) is 17.6 Å². The summed E-state index contributed by atoms with van der Waals surface area (Å²) in [7, 11) is 1.70. The Bertz CT molecular complexity index is 400. The summed E-state index contributed by atoms with van der Waals surface area (Å²) >= 11 is 5.86. The Morgan fingerprint density at radius 2 is 2.29 bits per heavy atom. The number of hydrogen-bond acceptors (Lipinski definition) is 5. The van der Waals surface area contributed by atoms with Crippen molar-refractivity contribution < 1.29 is 9.53 Å². The molecule has 1 aromatic heterocycles. The topological polar surface area (TPSA) is 81.3 Å². The number of nitrogens with two attached hydrogens (primary N) is 1. The average molecular weight is 259 g/mol. The molecule has 17 heavy (non-hydrogen) atoms. The van der Waals surface area contributed by atoms with E-state index >= 15 is 0 Å². The van der Waals surface area contributed by atoms with E-state index < -0.39 is 5.91 Å². The lowest BCUT2D eigenvalue weighted by atomic mass is 10.4. The Labute approximate surface area is 105 Å². The average Bonchev–Trinajstić information content (AvgIpc) is 2.24. The maximum atomic E-state index is 10.8. The number of carbonyl (C=O) groups excluding carboxylic acids is 1. The van der Waals surface area contributed by atoms with Crippen LogP contribution < -0.4 is 10.6 Å². The minimum Gasteiger partial charge on any atom is -0.374 e. The smallest absolute Gasteiger partial charge is 0.236 e. The Morgan fingerprint density at radius 3 is 2.88 bits per heavy atom. The number of halogens is 1. The summed E-state index contributed by atoms with van der Waals surface area (Å²) in [6.45, 7) is 2.81. The molecule has 0 saturated carbocycles. The maximum Gasteiger partial charge on any atom is 0.236 e. The molecular weight excluding hydrogens is 244 g/mol. The summed E-state index contributed by atoms with van der Waals surface area (Å²) in [6, 6.07) is 1.57. The molecule has 1 amide bonds. The molecule has 0 bridgehead atoms. The van der Waals surface area contributed by atoms with E-state index in [0.29, 0.717) is 23.4 Å². The molecule has 6 nitrogen and oxygen atoms in total. The SMILES string of the molecule is CCOCc1nc(Cl)cc(N(C)CC(N)=O)n1. The molecule has 0 unspecified atom stereocenters. The van der Waals surface area contributed by atoms with Gasteiger partial charge in [0.15, 0.2) is 5.82 Å². The summed E-state index contributed by atoms with van der Waals surface area (Å²) in [5.41, 5.74) is 5.11. The van der Waals surface area contributed by atoms with Crippen LogP contribution in [0.5, 0.6) is 0 Å². The van der Waals surface area contributed by atoms with Crippen LogP contribution in [0.15, 0.2) is 6.07 Å². The third-order valence-corrected chi connectivity index (χ3v) is 2.14. The Hall–Kier alpha value is -1.40. The number of likely N-dealkylation sites (N-methyl/N-ethyl adjacent to an activating group) is 1. The first kappa shape index (κ1) is 13.7. The van der Waals surface area contributed by atoms with E-state index in [1.54, 1.807) is 18.0 Å². The molecule has 0 atom stereocenters. The first-order valence-corrected chi connectivity index (χ1v) is 5.51. The van der Waals surface area contributed by atoms with Crippen LogP contribution in [-0.2, 0) is 16.1 Å². The molecule has 0 saturated heterocycles. The van der Waals surface area contributed by atoms with E-state index in [2.05, 4.69) is 9.97 Å². The summed E-state index contributed by atoms with van der Waals surface area (Å²) in [6.07, 6.45) is 0. The minimum absolute atomic E-state index is 0.0709. The van der Waals surface area contributed by atoms with Crippen molar-refractivity contribution >= 4 is 23.3 Å². The zero-order chi connectivity index (χ0) is 12.8. The summed E-state index contributed by atoms with van der Waals surface area (Å²) in [5.74, 6) is 0.581. The normalized spacial score (nSPS) is 10.3. The van der Waals surface area contributed by atoms with Gasteiger partial charge in [-0.15, -0.1) is 0 Å². The lowest BCUT2D eigenvalue weighted by molar-refractivity contribution is -0.116. The van der Waals surface area contributed by atoms with Crippen molar-refractivity contribution in [3.05, 3.63) is 17.0 Å². The first-order chi connectivity index (χ1) is 8.02. The van der Waals surface area contributed by atoms with Crippen molar-refractivity contribution in [3.8, 4) is 0 Å². The van der Waals surface area contributed by atoms with Gasteiger partial charge in [0.25, 0.3) is 0 Å². The Kier molecular flexibility index (Phi) is 5.11. The van der Waals surface area contributed by atoms with Gasteiger partial charge in [-0.3, -0.25) is 4.79 Å². The van der Waals surface area contributed by atoms with Crippen molar-refractivity contribution in [2.24, 2.45) is 5.73 Å². The second-order valence-corrected chi connectivity index (χ2v) is 3.81. The Balaban J connectivity index is 2.84. The quantitative estimate of drug-likeness (QED) is 0.755. The molecule has 0 aromatic carbocycles. The van der Waals surface area contributed by atoms with Gasteiger partial charge in [-0.25, -0.2) is 9.97 Å². The minimum atomic E-state index is -0.436. The van der Waals surface area contributed by atoms with Crippen molar-refractivity contribution in [1.82, 2.24) is 9.97 Å². The second kappa shape index (κ2) is 6.36. The van der Waals surface area contributed by atoms with Crippen LogP contribution in [0.1, 0.15) is 12.7 Å². The van der Waals surface area contributed by atoms with Crippen LogP contribution in [0, 0.1) is 0 Å². The van der Waals surface area contributed by atoms with Crippen LogP contribution in [-0.4, -0.2) is 36.1 Å². The van der Waals surface area contributed by atoms with Gasteiger partial charge < -0.3 is 15.4 Å². The fourth-order valence-corrected chi connectivity index (χ4v) is 1.41. The lowest BCUT2D eigenvalue weighted by Gasteiger charge is -2.16. The monoisotopic (exact) mass is 258 g/mol. The van der Waals surface area contributed by atoms with Gasteiger partial charge in [-0.05, 0) is 6.92 Å². The molecule has 2 N–H and O–H groups in total. The molecule has 0 radical (unpaired) electrons. The van der Waals surface area contributed by atoms with Crippen LogP contribution >= 0.6 is 11.6 Å². The van der Waals surface area contributed by atoms with Crippen LogP contribution in [0.25, 0.3) is 0 Å². The zero-order valence-electron chi connectivity index (χ0n) is 9.81. The molecule has 0 aliphatic carbocycles. The number of amides is 1. The fraction of sp³-hybridized carbons (Fsp3) is 0.500. The van der Waals surface area contributed by atoms with Gasteiger partial charge in [0.2, 0.25) is 5.91 Å². The fourth-order valence-electron chi connectivity index (χ4n) is 1.22. The summed E-state index contributed by atoms with van der Waals surface area (Å²) in [5, 5.41) is 0.307. The Morgan fingerprint density at radius 1 is 1.59 bits per heavy atom. The number of ether oxygens (including phenoxy) is 1. The van der Waals surface area contributed by atoms with Gasteiger partial charge >= 0.3 is 0 Å². The molecule has 0 aliphatic rings. The molecule has 1 rings (SSSR count). The molecule has 1 aromatic rings. The van der Waals surface area contributed by atoms with Crippen molar-refractivity contribution in [2.75, 3.05) is 25.1 Å². The highest BCUT2D eigenvalue weighted by atomic mass is 35.5. The number of carbonyl (C=O) groups is 1. The van der Waals surface area contributed by atoms with Crippen molar-refractivity contribution in [3.63, 3.8) is 0 Å². The maximum absolute atomic E-state index is 10.8. The van der Waals surface area contributed by atoms with Crippen molar-refractivity contribution in [1.29, 1.82) is 0 Å². The second-order valence-electron chi connectivity index (χ2n) is 3.42. The van der Waals surface area contributed by atoms with Crippen LogP contribution in [0.4, 0.5) is 5.82 Å². The molecule has 0 spiro atoms. The molecule has 0 fully saturated rings. The lowest BCUT2D eigenvalue weighted by Crippen LogP contribution is -2.31. The third-order valence-electron chi connectivity index (χ3n) is 1.95. The highest BCUT2D eigenvalue weighted by molar-refractivity contribution is 6.29. The predicted octanol–water partition coefficient (Wildman–Crippen LogP) is 0.588. The number of rotatable bonds is 6. The largest absolute Gasteiger partial charge is 0.374 e. The predicted molar refractivity (Wildman–Crippen MR) is 64.8 cm³/mol. The standard InChI is InChI=1S/C10H15ClN4O2/c1-3-17-6-9-13-7(11)4-10(14-9)15(2)5-8(12)16/h4H,3,5-6H2,1-2H3,(H2,12,16). The van der Waals surface area contributed by atoms with Crippen LogP contribution in [0.2, 0.25) is 5.15 Å². The van der Waals surface area contributed by atoms with Crippen molar-refractivity contribution in [2.45, 2.75) is 13.5 Å². The zero-order valence-corrected chi connectivity index (χ0v) is 10.6. The number of aromatic nitrogens is 2. The molecular formula is C10H15ClN4O2. The van der Waals surface area contributed by atoms with Gasteiger partial charge in [-0.2, -0.15) is 0 Å². The number of primary amides is 1. The molecule has 94 valence electrons. The third kappa shape index (κ3) is 4.54. The van der Waals surface area contributed by atoms with Gasteiger partial charge in [0.05, 0.1) is 6.54 Å². The molecule has 0 aliphatic heterocycles. The highest BCUT2D eigenvalue weighted by Gasteiger charge is 2.09. The molecule has 7 heteroatoms. The highest BCUT2D eigenvalue weighted by Crippen LogP contribution is 2.15. The first-order valence-electron chi connectivity index (χ1n) is 5.13. The van der Waals surface area contributed by atoms with E-state index in [4.69, 9.17) is 22.1 Å². The summed E-state index contributed by atoms with van der Waals surface area (Å²) < 4.78 is 5.20. The van der Waals surface area contributed by atoms with E-state index in [0.717, 1.165) is 0 Å². The number of hydrogen-bond donors (Lipinski definition) is 1.